The normalized spacial score (nSPS) is 43.1. The number of nitriles is 1. The Morgan fingerprint density at radius 3 is 2.75 bits per heavy atom. The molecule has 1 fully saturated rings. The minimum Gasteiger partial charge on any atom is -0.501 e. The first kappa shape index (κ1) is 7.35. The van der Waals surface area contributed by atoms with Crippen LogP contribution in [0.2, 0.25) is 0 Å². The summed E-state index contributed by atoms with van der Waals surface area (Å²) in [6.45, 7) is 1.81. The van der Waals surface area contributed by atoms with E-state index < -0.39 is 5.41 Å². The topological polar surface area (TPSA) is 50.1 Å². The number of allylic oxidation sites excluding steroid dienone is 2. The lowest BCUT2D eigenvalue weighted by Gasteiger charge is -2.04. The van der Waals surface area contributed by atoms with Crippen LogP contribution in [0.4, 0.5) is 0 Å². The minimum absolute atomic E-state index is 0.0278. The maximum Gasteiger partial charge on any atom is 0.164 e. The zero-order valence-electron chi connectivity index (χ0n) is 7.00. The molecule has 0 N–H and O–H groups in total. The Bertz CT molecular complexity index is 326. The SMILES string of the molecule is COC1=CC(=O)[C@@H]2[C@H]1[C@]2(C)C#N. The van der Waals surface area contributed by atoms with Crippen molar-refractivity contribution in [3.8, 4) is 6.07 Å². The zero-order chi connectivity index (χ0) is 8.93. The lowest BCUT2D eigenvalue weighted by atomic mass is 10.0. The Morgan fingerprint density at radius 2 is 2.33 bits per heavy atom. The monoisotopic (exact) mass is 163 g/mol. The van der Waals surface area contributed by atoms with E-state index in [0.29, 0.717) is 5.76 Å². The van der Waals surface area contributed by atoms with Crippen LogP contribution in [0.25, 0.3) is 0 Å². The summed E-state index contributed by atoms with van der Waals surface area (Å²) < 4.78 is 5.02. The number of carbonyl (C=O) groups is 1. The largest absolute Gasteiger partial charge is 0.501 e. The van der Waals surface area contributed by atoms with Crippen molar-refractivity contribution >= 4 is 5.78 Å². The maximum absolute atomic E-state index is 11.3. The van der Waals surface area contributed by atoms with Gasteiger partial charge >= 0.3 is 0 Å². The maximum atomic E-state index is 11.3. The molecule has 0 aromatic carbocycles. The van der Waals surface area contributed by atoms with Gasteiger partial charge in [-0.25, -0.2) is 0 Å². The van der Waals surface area contributed by atoms with Crippen LogP contribution in [-0.2, 0) is 9.53 Å². The van der Waals surface area contributed by atoms with Crippen LogP contribution in [0.1, 0.15) is 6.92 Å². The highest BCUT2D eigenvalue weighted by Gasteiger charge is 2.70. The third-order valence-electron chi connectivity index (χ3n) is 2.89. The van der Waals surface area contributed by atoms with Crippen LogP contribution < -0.4 is 0 Å². The van der Waals surface area contributed by atoms with Gasteiger partial charge in [0.25, 0.3) is 0 Å². The number of fused-ring (bicyclic) bond motifs is 1. The van der Waals surface area contributed by atoms with E-state index in [1.54, 1.807) is 0 Å². The van der Waals surface area contributed by atoms with E-state index in [4.69, 9.17) is 10.00 Å². The average Bonchev–Trinajstić information content (AvgIpc) is 2.51. The summed E-state index contributed by atoms with van der Waals surface area (Å²) in [5, 5.41) is 8.82. The van der Waals surface area contributed by atoms with Gasteiger partial charge in [0.15, 0.2) is 5.78 Å². The third kappa shape index (κ3) is 0.585. The fraction of sp³-hybridized carbons (Fsp3) is 0.556. The van der Waals surface area contributed by atoms with Crippen molar-refractivity contribution in [3.05, 3.63) is 11.8 Å². The molecule has 2 aliphatic rings. The minimum atomic E-state index is -0.489. The van der Waals surface area contributed by atoms with Crippen molar-refractivity contribution < 1.29 is 9.53 Å². The summed E-state index contributed by atoms with van der Waals surface area (Å²) in [5.74, 6) is 0.618. The van der Waals surface area contributed by atoms with E-state index in [2.05, 4.69) is 6.07 Å². The molecule has 0 saturated heterocycles. The van der Waals surface area contributed by atoms with Gasteiger partial charge in [-0.05, 0) is 6.92 Å². The molecule has 0 aromatic rings. The standard InChI is InChI=1S/C9H9NO2/c1-9(4-10)7-5(11)3-6(12-2)8(7)9/h3,7-8H,1-2H3/t7-,8+,9-/m1/s1. The number of methoxy groups -OCH3 is 1. The molecule has 0 amide bonds. The van der Waals surface area contributed by atoms with Crippen molar-refractivity contribution in [2.45, 2.75) is 6.92 Å². The van der Waals surface area contributed by atoms with E-state index in [1.165, 1.54) is 13.2 Å². The van der Waals surface area contributed by atoms with E-state index >= 15 is 0 Å². The van der Waals surface area contributed by atoms with E-state index in [-0.39, 0.29) is 17.6 Å². The number of nitrogens with zero attached hydrogens (tertiary/aromatic N) is 1. The highest BCUT2D eigenvalue weighted by Crippen LogP contribution is 2.65. The molecule has 62 valence electrons. The lowest BCUT2D eigenvalue weighted by molar-refractivity contribution is -0.116. The third-order valence-corrected chi connectivity index (χ3v) is 2.89. The van der Waals surface area contributed by atoms with Crippen molar-refractivity contribution in [3.63, 3.8) is 0 Å². The molecular weight excluding hydrogens is 154 g/mol. The first-order valence-corrected chi connectivity index (χ1v) is 3.86. The van der Waals surface area contributed by atoms with E-state index in [9.17, 15) is 4.79 Å². The lowest BCUT2D eigenvalue weighted by Crippen LogP contribution is -2.06. The Hall–Kier alpha value is -1.30. The fourth-order valence-electron chi connectivity index (χ4n) is 2.08. The summed E-state index contributed by atoms with van der Waals surface area (Å²) in [7, 11) is 1.54. The summed E-state index contributed by atoms with van der Waals surface area (Å²) in [5.41, 5.74) is -0.489. The van der Waals surface area contributed by atoms with Crippen molar-refractivity contribution in [1.29, 1.82) is 5.26 Å². The van der Waals surface area contributed by atoms with Crippen LogP contribution in [0, 0.1) is 28.6 Å². The Labute approximate surface area is 70.6 Å². The van der Waals surface area contributed by atoms with Gasteiger partial charge in [0, 0.05) is 12.0 Å². The molecule has 1 saturated carbocycles. The predicted octanol–water partition coefficient (Wildman–Crippen LogP) is 0.875. The number of ketones is 1. The highest BCUT2D eigenvalue weighted by atomic mass is 16.5. The molecule has 0 aliphatic heterocycles. The smallest absolute Gasteiger partial charge is 0.164 e. The van der Waals surface area contributed by atoms with Crippen LogP contribution >= 0.6 is 0 Å². The van der Waals surface area contributed by atoms with Gasteiger partial charge < -0.3 is 4.74 Å². The molecule has 0 aromatic heterocycles. The molecule has 12 heavy (non-hydrogen) atoms. The van der Waals surface area contributed by atoms with Gasteiger partial charge in [-0.3, -0.25) is 4.79 Å². The van der Waals surface area contributed by atoms with Gasteiger partial charge in [-0.1, -0.05) is 0 Å². The number of hydrogen-bond donors (Lipinski definition) is 0. The fourth-order valence-corrected chi connectivity index (χ4v) is 2.08. The number of rotatable bonds is 1. The average molecular weight is 163 g/mol. The number of carbonyl (C=O) groups excluding carboxylic acids is 1. The zero-order valence-corrected chi connectivity index (χ0v) is 7.00. The van der Waals surface area contributed by atoms with Crippen molar-refractivity contribution in [2.24, 2.45) is 17.3 Å². The van der Waals surface area contributed by atoms with Gasteiger partial charge in [0.05, 0.1) is 24.5 Å². The molecule has 2 rings (SSSR count). The quantitative estimate of drug-likeness (QED) is 0.576. The molecule has 2 aliphatic carbocycles. The Kier molecular flexibility index (Phi) is 1.16. The van der Waals surface area contributed by atoms with Gasteiger partial charge in [-0.2, -0.15) is 5.26 Å². The Balaban J connectivity index is 2.34. The van der Waals surface area contributed by atoms with Crippen LogP contribution in [0.15, 0.2) is 11.8 Å². The molecule has 0 unspecified atom stereocenters. The first-order chi connectivity index (χ1) is 5.65. The summed E-state index contributed by atoms with van der Waals surface area (Å²) in [6, 6.07) is 2.17. The summed E-state index contributed by atoms with van der Waals surface area (Å²) in [6.07, 6.45) is 1.51. The predicted molar refractivity (Wildman–Crippen MR) is 40.8 cm³/mol. The second kappa shape index (κ2) is 1.89. The molecule has 3 atom stereocenters. The Morgan fingerprint density at radius 1 is 1.67 bits per heavy atom. The van der Waals surface area contributed by atoms with Crippen molar-refractivity contribution in [2.75, 3.05) is 7.11 Å². The molecular formula is C9H9NO2. The summed E-state index contributed by atoms with van der Waals surface area (Å²) >= 11 is 0. The van der Waals surface area contributed by atoms with E-state index in [1.807, 2.05) is 6.92 Å². The van der Waals surface area contributed by atoms with Crippen LogP contribution in [0.5, 0.6) is 0 Å². The van der Waals surface area contributed by atoms with Crippen LogP contribution in [0.3, 0.4) is 0 Å². The van der Waals surface area contributed by atoms with E-state index in [0.717, 1.165) is 0 Å². The molecule has 0 bridgehead atoms. The molecule has 0 radical (unpaired) electrons. The molecule has 3 nitrogen and oxygen atoms in total. The number of ether oxygens (including phenoxy) is 1. The van der Waals surface area contributed by atoms with Gasteiger partial charge in [0.1, 0.15) is 5.76 Å². The molecule has 3 heteroatoms. The summed E-state index contributed by atoms with van der Waals surface area (Å²) in [4.78, 5) is 11.3. The van der Waals surface area contributed by atoms with Gasteiger partial charge in [-0.15, -0.1) is 0 Å². The van der Waals surface area contributed by atoms with Gasteiger partial charge in [0.2, 0.25) is 0 Å². The second-order valence-corrected chi connectivity index (χ2v) is 3.50. The van der Waals surface area contributed by atoms with Crippen molar-refractivity contribution in [1.82, 2.24) is 0 Å². The van der Waals surface area contributed by atoms with Crippen LogP contribution in [-0.4, -0.2) is 12.9 Å². The molecule has 0 heterocycles. The highest BCUT2D eigenvalue weighted by molar-refractivity contribution is 6.00. The molecule has 0 spiro atoms. The number of hydrogen-bond acceptors (Lipinski definition) is 3. The second-order valence-electron chi connectivity index (χ2n) is 3.50. The first-order valence-electron chi connectivity index (χ1n) is 3.86.